The fourth-order valence-electron chi connectivity index (χ4n) is 6.98. The van der Waals surface area contributed by atoms with E-state index >= 15 is 0 Å². The van der Waals surface area contributed by atoms with E-state index in [1.165, 1.54) is 49.9 Å². The van der Waals surface area contributed by atoms with Gasteiger partial charge in [0, 0.05) is 29.1 Å². The number of H-pyrrole nitrogens is 1. The van der Waals surface area contributed by atoms with Crippen LogP contribution in [0.15, 0.2) is 35.6 Å². The van der Waals surface area contributed by atoms with Gasteiger partial charge in [0.25, 0.3) is 0 Å². The van der Waals surface area contributed by atoms with Crippen LogP contribution in [0.4, 0.5) is 13.2 Å². The minimum absolute atomic E-state index is 0.177. The summed E-state index contributed by atoms with van der Waals surface area (Å²) in [4.78, 5) is 12.7. The Bertz CT molecular complexity index is 1090. The normalized spacial score (nSPS) is 26.5. The van der Waals surface area contributed by atoms with Crippen molar-refractivity contribution < 1.29 is 13.2 Å². The summed E-state index contributed by atoms with van der Waals surface area (Å²) in [6.07, 6.45) is 6.64. The van der Waals surface area contributed by atoms with Crippen LogP contribution in [0.25, 0.3) is 11.3 Å². The number of imidazole rings is 1. The number of benzene rings is 1. The smallest absolute Gasteiger partial charge is 0.348 e. The van der Waals surface area contributed by atoms with Gasteiger partial charge < -0.3 is 4.98 Å². The first kappa shape index (κ1) is 26.7. The lowest BCUT2D eigenvalue weighted by atomic mass is 9.56. The molecule has 6 heteroatoms. The molecule has 0 spiro atoms. The molecule has 2 aliphatic rings. The van der Waals surface area contributed by atoms with Gasteiger partial charge in [-0.15, -0.1) is 0 Å². The fourth-order valence-corrected chi connectivity index (χ4v) is 6.98. The second-order valence-electron chi connectivity index (χ2n) is 11.5. The molecule has 0 aliphatic heterocycles. The average molecular weight is 500 g/mol. The minimum atomic E-state index is -4.23. The number of nitrogens with zero attached hydrogens (tertiary/aromatic N) is 2. The molecule has 1 aromatic heterocycles. The van der Waals surface area contributed by atoms with E-state index in [1.54, 1.807) is 0 Å². The molecule has 4 atom stereocenters. The van der Waals surface area contributed by atoms with Gasteiger partial charge in [-0.05, 0) is 105 Å². The highest BCUT2D eigenvalue weighted by Crippen LogP contribution is 2.54. The van der Waals surface area contributed by atoms with E-state index in [2.05, 4.69) is 62.6 Å². The summed E-state index contributed by atoms with van der Waals surface area (Å²) in [5, 5.41) is 0. The molecule has 1 aromatic carbocycles. The molecule has 2 aliphatic carbocycles. The second kappa shape index (κ2) is 10.5. The highest BCUT2D eigenvalue weighted by Gasteiger charge is 2.47. The van der Waals surface area contributed by atoms with E-state index in [1.807, 2.05) is 0 Å². The fraction of sp³-hybridized carbons (Fsp3) is 0.600. The summed E-state index contributed by atoms with van der Waals surface area (Å²) in [6, 6.07) is 4.36. The summed E-state index contributed by atoms with van der Waals surface area (Å²) in [7, 11) is 0. The summed E-state index contributed by atoms with van der Waals surface area (Å²) >= 11 is 0. The van der Waals surface area contributed by atoms with E-state index in [0.717, 1.165) is 46.4 Å². The highest BCUT2D eigenvalue weighted by atomic mass is 19.4. The van der Waals surface area contributed by atoms with Crippen LogP contribution in [-0.4, -0.2) is 22.4 Å². The van der Waals surface area contributed by atoms with Crippen LogP contribution in [0, 0.1) is 31.6 Å². The van der Waals surface area contributed by atoms with Crippen molar-refractivity contribution in [2.75, 3.05) is 0 Å². The van der Waals surface area contributed by atoms with Crippen LogP contribution >= 0.6 is 0 Å². The number of allylic oxidation sites excluding steroid dienone is 1. The minimum Gasteiger partial charge on any atom is -0.348 e. The first-order chi connectivity index (χ1) is 17.0. The molecular weight excluding hydrogens is 459 g/mol. The zero-order valence-electron chi connectivity index (χ0n) is 22.1. The second-order valence-corrected chi connectivity index (χ2v) is 11.5. The van der Waals surface area contributed by atoms with Crippen LogP contribution in [-0.2, 0) is 11.8 Å². The van der Waals surface area contributed by atoms with Crippen molar-refractivity contribution >= 4 is 6.21 Å². The third kappa shape index (κ3) is 6.12. The molecule has 0 radical (unpaired) electrons. The first-order valence-corrected chi connectivity index (χ1v) is 13.4. The van der Waals surface area contributed by atoms with Gasteiger partial charge in [0.1, 0.15) is 5.82 Å². The Kier molecular flexibility index (Phi) is 7.82. The lowest BCUT2D eigenvalue weighted by Crippen LogP contribution is -2.43. The zero-order valence-corrected chi connectivity index (χ0v) is 22.1. The van der Waals surface area contributed by atoms with Gasteiger partial charge in [0.15, 0.2) is 0 Å². The number of aromatic nitrogens is 2. The Balaban J connectivity index is 1.49. The standard InChI is InChI=1S/C30H40F3N3/c1-6-23-14-24-11-19(2)15-29(16-23,17-24)28-35-18-27(36-28)25-12-20(3)26(21(4)13-25)8-7-22(5)34-10-9-30(31,32)33/h10,12-13,18-19,23-24H,5-9,11,14-17H2,1-4H3,(H,35,36)/b34-10-. The van der Waals surface area contributed by atoms with Gasteiger partial charge in [-0.3, -0.25) is 4.99 Å². The third-order valence-electron chi connectivity index (χ3n) is 8.41. The van der Waals surface area contributed by atoms with Crippen LogP contribution in [0.1, 0.15) is 87.7 Å². The molecule has 1 N–H and O–H groups in total. The first-order valence-electron chi connectivity index (χ1n) is 13.4. The SMILES string of the molecule is C=C(CCc1c(C)cc(-c2c[nH]c(C34CC(C)CC(CC(CC)C3)C4)n2)cc1C)/N=C\CC(F)(F)F. The van der Waals surface area contributed by atoms with Crippen molar-refractivity contribution in [2.24, 2.45) is 22.7 Å². The van der Waals surface area contributed by atoms with Crippen molar-refractivity contribution in [3.63, 3.8) is 0 Å². The summed E-state index contributed by atoms with van der Waals surface area (Å²) in [6.45, 7) is 12.7. The number of hydrogen-bond donors (Lipinski definition) is 1. The van der Waals surface area contributed by atoms with Crippen LogP contribution in [0.3, 0.4) is 0 Å². The van der Waals surface area contributed by atoms with Gasteiger partial charge in [0.2, 0.25) is 0 Å². The summed E-state index contributed by atoms with van der Waals surface area (Å²) in [5.41, 5.74) is 6.27. The van der Waals surface area contributed by atoms with Crippen molar-refractivity contribution in [1.82, 2.24) is 9.97 Å². The third-order valence-corrected chi connectivity index (χ3v) is 8.41. The lowest BCUT2D eigenvalue weighted by Gasteiger charge is -2.49. The molecule has 2 bridgehead atoms. The number of alkyl halides is 3. The number of aryl methyl sites for hydroxylation is 2. The maximum absolute atomic E-state index is 12.3. The van der Waals surface area contributed by atoms with Gasteiger partial charge in [0.05, 0.1) is 12.1 Å². The summed E-state index contributed by atoms with van der Waals surface area (Å²) < 4.78 is 37.0. The topological polar surface area (TPSA) is 41.0 Å². The maximum Gasteiger partial charge on any atom is 0.393 e. The zero-order chi connectivity index (χ0) is 26.1. The van der Waals surface area contributed by atoms with Crippen molar-refractivity contribution in [1.29, 1.82) is 0 Å². The van der Waals surface area contributed by atoms with E-state index in [4.69, 9.17) is 4.98 Å². The lowest BCUT2D eigenvalue weighted by molar-refractivity contribution is -0.120. The molecule has 2 saturated carbocycles. The number of aliphatic imine (C=N–C) groups is 1. The van der Waals surface area contributed by atoms with Crippen LogP contribution < -0.4 is 0 Å². The molecule has 0 amide bonds. The Morgan fingerprint density at radius 3 is 2.58 bits per heavy atom. The Hall–Kier alpha value is -2.37. The van der Waals surface area contributed by atoms with Gasteiger partial charge >= 0.3 is 6.18 Å². The Morgan fingerprint density at radius 2 is 1.92 bits per heavy atom. The number of rotatable bonds is 8. The quantitative estimate of drug-likeness (QED) is 0.363. The van der Waals surface area contributed by atoms with Crippen LogP contribution in [0.5, 0.6) is 0 Å². The maximum atomic E-state index is 12.3. The number of fused-ring (bicyclic) bond motifs is 2. The Morgan fingerprint density at radius 1 is 1.19 bits per heavy atom. The monoisotopic (exact) mass is 499 g/mol. The summed E-state index contributed by atoms with van der Waals surface area (Å²) in [5.74, 6) is 3.52. The van der Waals surface area contributed by atoms with E-state index in [-0.39, 0.29) is 5.41 Å². The van der Waals surface area contributed by atoms with E-state index < -0.39 is 12.6 Å². The number of hydrogen-bond acceptors (Lipinski definition) is 2. The molecule has 3 nitrogen and oxygen atoms in total. The highest BCUT2D eigenvalue weighted by molar-refractivity contribution is 5.63. The molecule has 1 heterocycles. The molecule has 2 fully saturated rings. The van der Waals surface area contributed by atoms with Crippen molar-refractivity contribution in [2.45, 2.75) is 97.1 Å². The van der Waals surface area contributed by atoms with Crippen LogP contribution in [0.2, 0.25) is 0 Å². The molecule has 196 valence electrons. The molecule has 0 saturated heterocycles. The molecule has 2 aromatic rings. The number of nitrogens with one attached hydrogen (secondary N) is 1. The van der Waals surface area contributed by atoms with Gasteiger partial charge in [-0.1, -0.05) is 26.8 Å². The average Bonchev–Trinajstić information content (AvgIpc) is 3.28. The Labute approximate surface area is 213 Å². The largest absolute Gasteiger partial charge is 0.393 e. The predicted octanol–water partition coefficient (Wildman–Crippen LogP) is 8.66. The molecular formula is C30H40F3N3. The van der Waals surface area contributed by atoms with Gasteiger partial charge in [-0.2, -0.15) is 13.2 Å². The molecule has 36 heavy (non-hydrogen) atoms. The van der Waals surface area contributed by atoms with Gasteiger partial charge in [-0.25, -0.2) is 4.98 Å². The number of halogens is 3. The van der Waals surface area contributed by atoms with E-state index in [9.17, 15) is 13.2 Å². The molecule has 4 unspecified atom stereocenters. The number of aromatic amines is 1. The van der Waals surface area contributed by atoms with Crippen molar-refractivity contribution in [3.05, 3.63) is 53.1 Å². The predicted molar refractivity (Wildman–Crippen MR) is 141 cm³/mol. The van der Waals surface area contributed by atoms with Crippen molar-refractivity contribution in [3.8, 4) is 11.3 Å². The molecule has 4 rings (SSSR count). The van der Waals surface area contributed by atoms with E-state index in [0.29, 0.717) is 18.5 Å².